The molecule has 4 nitrogen and oxygen atoms in total. The van der Waals surface area contributed by atoms with E-state index in [0.717, 1.165) is 6.40 Å². The van der Waals surface area contributed by atoms with Crippen molar-refractivity contribution in [2.75, 3.05) is 0 Å². The number of nitrogens with zero attached hydrogens (tertiary/aromatic N) is 1. The van der Waals surface area contributed by atoms with Gasteiger partial charge in [-0.25, -0.2) is 9.79 Å². The first kappa shape index (κ1) is 6.92. The van der Waals surface area contributed by atoms with Gasteiger partial charge >= 0.3 is 5.97 Å². The Morgan fingerprint density at radius 2 is 2.60 bits per heavy atom. The first-order chi connectivity index (χ1) is 4.75. The van der Waals surface area contributed by atoms with Gasteiger partial charge in [-0.3, -0.25) is 4.79 Å². The Balaban J connectivity index is 2.64. The van der Waals surface area contributed by atoms with E-state index in [0.29, 0.717) is 6.42 Å². The molecule has 1 atom stereocenters. The molecule has 0 bridgehead atoms. The summed E-state index contributed by atoms with van der Waals surface area (Å²) in [6, 6.07) is -0.884. The molecule has 0 amide bonds. The smallest absolute Gasteiger partial charge is 0.345 e. The fourth-order valence-corrected chi connectivity index (χ4v) is 0.676. The monoisotopic (exact) mass is 141 g/mol. The number of esters is 1. The van der Waals surface area contributed by atoms with Crippen molar-refractivity contribution in [2.24, 2.45) is 4.99 Å². The van der Waals surface area contributed by atoms with Gasteiger partial charge in [0.15, 0.2) is 12.2 Å². The summed E-state index contributed by atoms with van der Waals surface area (Å²) in [6.45, 7) is 1.68. The van der Waals surface area contributed by atoms with Crippen LogP contribution in [0.4, 0.5) is 0 Å². The van der Waals surface area contributed by atoms with Crippen molar-refractivity contribution in [3.05, 3.63) is 0 Å². The van der Waals surface area contributed by atoms with Crippen molar-refractivity contribution in [1.82, 2.24) is 0 Å². The van der Waals surface area contributed by atoms with Crippen molar-refractivity contribution < 1.29 is 14.3 Å². The molecule has 0 aromatic carbocycles. The summed E-state index contributed by atoms with van der Waals surface area (Å²) in [5, 5.41) is 0. The van der Waals surface area contributed by atoms with Crippen LogP contribution < -0.4 is 0 Å². The average Bonchev–Trinajstić information content (AvgIpc) is 2.34. The minimum Gasteiger partial charge on any atom is -0.413 e. The second-order valence-electron chi connectivity index (χ2n) is 1.91. The van der Waals surface area contributed by atoms with Crippen LogP contribution in [0.5, 0.6) is 0 Å². The Labute approximate surface area is 57.9 Å². The van der Waals surface area contributed by atoms with E-state index in [1.165, 1.54) is 0 Å². The zero-order valence-electron chi connectivity index (χ0n) is 5.53. The molecule has 0 saturated carbocycles. The molecule has 1 aliphatic rings. The molecule has 1 aliphatic heterocycles. The lowest BCUT2D eigenvalue weighted by Gasteiger charge is -1.97. The second-order valence-corrected chi connectivity index (χ2v) is 1.91. The Hall–Kier alpha value is -1.19. The first-order valence-electron chi connectivity index (χ1n) is 3.00. The highest BCUT2D eigenvalue weighted by Gasteiger charge is 2.28. The molecule has 0 radical (unpaired) electrons. The summed E-state index contributed by atoms with van der Waals surface area (Å²) in [6.07, 6.45) is 1.33. The van der Waals surface area contributed by atoms with E-state index in [4.69, 9.17) is 0 Å². The second kappa shape index (κ2) is 2.60. The number of ketones is 1. The Bertz CT molecular complexity index is 197. The van der Waals surface area contributed by atoms with Gasteiger partial charge in [-0.15, -0.1) is 0 Å². The maximum absolute atomic E-state index is 10.8. The van der Waals surface area contributed by atoms with E-state index in [2.05, 4.69) is 9.73 Å². The molecule has 0 spiro atoms. The molecule has 0 aliphatic carbocycles. The third-order valence-corrected chi connectivity index (χ3v) is 1.26. The number of hydrogen-bond acceptors (Lipinski definition) is 4. The van der Waals surface area contributed by atoms with Crippen molar-refractivity contribution in [3.8, 4) is 0 Å². The van der Waals surface area contributed by atoms with Crippen molar-refractivity contribution in [2.45, 2.75) is 19.4 Å². The van der Waals surface area contributed by atoms with Crippen LogP contribution in [0.15, 0.2) is 4.99 Å². The number of Topliss-reactive ketones (excluding diaryl/α,β-unsaturated/α-hetero) is 1. The number of carbonyl (C=O) groups is 2. The molecule has 4 heteroatoms. The first-order valence-corrected chi connectivity index (χ1v) is 3.00. The number of rotatable bonds is 2. The molecule has 1 unspecified atom stereocenters. The van der Waals surface area contributed by atoms with Crippen LogP contribution in [0.25, 0.3) is 0 Å². The van der Waals surface area contributed by atoms with Gasteiger partial charge in [0, 0.05) is 6.42 Å². The van der Waals surface area contributed by atoms with Crippen LogP contribution >= 0.6 is 0 Å². The Kier molecular flexibility index (Phi) is 1.80. The van der Waals surface area contributed by atoms with Crippen LogP contribution in [-0.4, -0.2) is 24.2 Å². The summed E-state index contributed by atoms with van der Waals surface area (Å²) in [5.41, 5.74) is 0. The van der Waals surface area contributed by atoms with E-state index < -0.39 is 12.0 Å². The number of aliphatic imine (C=N–C) groups is 1. The van der Waals surface area contributed by atoms with Gasteiger partial charge in [0.05, 0.1) is 0 Å². The van der Waals surface area contributed by atoms with Crippen LogP contribution in [-0.2, 0) is 14.3 Å². The third kappa shape index (κ3) is 1.05. The summed E-state index contributed by atoms with van der Waals surface area (Å²) >= 11 is 0. The molecule has 1 rings (SSSR count). The molecule has 0 aromatic rings. The van der Waals surface area contributed by atoms with Gasteiger partial charge in [-0.05, 0) is 0 Å². The predicted octanol–water partition coefficient (Wildman–Crippen LogP) is -0.0808. The fourth-order valence-electron chi connectivity index (χ4n) is 0.676. The number of hydrogen-bond donors (Lipinski definition) is 0. The molecule has 0 N–H and O–H groups in total. The van der Waals surface area contributed by atoms with Gasteiger partial charge in [-0.1, -0.05) is 6.92 Å². The van der Waals surface area contributed by atoms with Crippen molar-refractivity contribution in [1.29, 1.82) is 0 Å². The highest BCUT2D eigenvalue weighted by Crippen LogP contribution is 2.04. The van der Waals surface area contributed by atoms with E-state index in [1.807, 2.05) is 0 Å². The molecule has 0 aromatic heterocycles. The fraction of sp³-hybridized carbons (Fsp3) is 0.500. The summed E-state index contributed by atoms with van der Waals surface area (Å²) in [5.74, 6) is -0.759. The minimum absolute atomic E-state index is 0.196. The van der Waals surface area contributed by atoms with Gasteiger partial charge in [0.1, 0.15) is 0 Å². The lowest BCUT2D eigenvalue weighted by Crippen LogP contribution is -2.24. The quantitative estimate of drug-likeness (QED) is 0.399. The average molecular weight is 141 g/mol. The molecule has 54 valence electrons. The highest BCUT2D eigenvalue weighted by molar-refractivity contribution is 6.07. The van der Waals surface area contributed by atoms with E-state index >= 15 is 0 Å². The Morgan fingerprint density at radius 1 is 1.90 bits per heavy atom. The SMILES string of the molecule is CCC(=O)C1N=COC1=O. The van der Waals surface area contributed by atoms with Gasteiger partial charge in [0.25, 0.3) is 0 Å². The zero-order chi connectivity index (χ0) is 7.56. The Morgan fingerprint density at radius 3 is 3.00 bits per heavy atom. The molecule has 0 saturated heterocycles. The molecular weight excluding hydrogens is 134 g/mol. The number of cyclic esters (lactones) is 1. The van der Waals surface area contributed by atoms with Crippen molar-refractivity contribution >= 4 is 18.2 Å². The highest BCUT2D eigenvalue weighted by atomic mass is 16.5. The van der Waals surface area contributed by atoms with Crippen LogP contribution in [0.1, 0.15) is 13.3 Å². The lowest BCUT2D eigenvalue weighted by atomic mass is 10.1. The van der Waals surface area contributed by atoms with Crippen molar-refractivity contribution in [3.63, 3.8) is 0 Å². The van der Waals surface area contributed by atoms with Gasteiger partial charge in [0.2, 0.25) is 6.04 Å². The standard InChI is InChI=1S/C6H7NO3/c1-2-4(8)5-6(9)10-3-7-5/h3,5H,2H2,1H3. The number of carbonyl (C=O) groups excluding carboxylic acids is 2. The van der Waals surface area contributed by atoms with Gasteiger partial charge in [-0.2, -0.15) is 0 Å². The summed E-state index contributed by atoms with van der Waals surface area (Å²) in [7, 11) is 0. The van der Waals surface area contributed by atoms with Crippen LogP contribution in [0.2, 0.25) is 0 Å². The minimum atomic E-state index is -0.884. The summed E-state index contributed by atoms with van der Waals surface area (Å²) in [4.78, 5) is 25.0. The maximum atomic E-state index is 10.8. The molecular formula is C6H7NO3. The van der Waals surface area contributed by atoms with Gasteiger partial charge < -0.3 is 4.74 Å². The largest absolute Gasteiger partial charge is 0.413 e. The predicted molar refractivity (Wildman–Crippen MR) is 33.7 cm³/mol. The third-order valence-electron chi connectivity index (χ3n) is 1.26. The lowest BCUT2D eigenvalue weighted by molar-refractivity contribution is -0.138. The molecule has 1 heterocycles. The van der Waals surface area contributed by atoms with Crippen LogP contribution in [0.3, 0.4) is 0 Å². The number of ether oxygens (including phenoxy) is 1. The van der Waals surface area contributed by atoms with E-state index in [-0.39, 0.29) is 5.78 Å². The molecule has 10 heavy (non-hydrogen) atoms. The summed E-state index contributed by atoms with van der Waals surface area (Å²) < 4.78 is 4.34. The van der Waals surface area contributed by atoms with Crippen LogP contribution in [0, 0.1) is 0 Å². The normalized spacial score (nSPS) is 22.9. The topological polar surface area (TPSA) is 55.7 Å². The van der Waals surface area contributed by atoms with E-state index in [9.17, 15) is 9.59 Å². The molecule has 0 fully saturated rings. The maximum Gasteiger partial charge on any atom is 0.345 e. The zero-order valence-corrected chi connectivity index (χ0v) is 5.53. The van der Waals surface area contributed by atoms with E-state index in [1.54, 1.807) is 6.92 Å².